The molecule has 0 fully saturated rings. The number of amides is 1. The van der Waals surface area contributed by atoms with E-state index in [4.69, 9.17) is 11.6 Å². The first-order chi connectivity index (χ1) is 7.50. The van der Waals surface area contributed by atoms with E-state index in [1.54, 1.807) is 19.0 Å². The van der Waals surface area contributed by atoms with E-state index in [2.05, 4.69) is 21.2 Å². The molecular formula is C11H14BrClN2O. The summed E-state index contributed by atoms with van der Waals surface area (Å²) < 4.78 is 0.988. The Hall–Kier alpha value is -0.580. The van der Waals surface area contributed by atoms with Gasteiger partial charge in [-0.05, 0) is 23.8 Å². The van der Waals surface area contributed by atoms with E-state index in [-0.39, 0.29) is 5.91 Å². The number of rotatable bonds is 4. The Balaban J connectivity index is 2.49. The lowest BCUT2D eigenvalue weighted by Crippen LogP contribution is -2.32. The Bertz CT molecular complexity index is 382. The number of hydrogen-bond acceptors (Lipinski definition) is 2. The normalized spacial score (nSPS) is 10.2. The van der Waals surface area contributed by atoms with Crippen LogP contribution in [0.15, 0.2) is 22.7 Å². The largest absolute Gasteiger partial charge is 0.348 e. The molecule has 0 heterocycles. The maximum absolute atomic E-state index is 11.3. The lowest BCUT2D eigenvalue weighted by Gasteiger charge is -2.11. The maximum atomic E-state index is 11.3. The second-order valence-corrected chi connectivity index (χ2v) is 4.92. The van der Waals surface area contributed by atoms with Gasteiger partial charge in [0.2, 0.25) is 5.91 Å². The zero-order valence-corrected chi connectivity index (χ0v) is 11.6. The van der Waals surface area contributed by atoms with Crippen molar-refractivity contribution in [2.75, 3.05) is 20.6 Å². The molecule has 0 unspecified atom stereocenters. The molecule has 1 aromatic rings. The fraction of sp³-hybridized carbons (Fsp3) is 0.364. The molecule has 0 radical (unpaired) electrons. The van der Waals surface area contributed by atoms with Crippen molar-refractivity contribution in [3.63, 3.8) is 0 Å². The van der Waals surface area contributed by atoms with Crippen molar-refractivity contribution in [1.29, 1.82) is 0 Å². The van der Waals surface area contributed by atoms with Gasteiger partial charge in [-0.3, -0.25) is 4.79 Å². The van der Waals surface area contributed by atoms with Crippen molar-refractivity contribution in [1.82, 2.24) is 10.2 Å². The average Bonchev–Trinajstić information content (AvgIpc) is 2.22. The Morgan fingerprint density at radius 1 is 1.50 bits per heavy atom. The molecule has 0 spiro atoms. The van der Waals surface area contributed by atoms with Crippen LogP contribution in [0.4, 0.5) is 0 Å². The van der Waals surface area contributed by atoms with Gasteiger partial charge >= 0.3 is 0 Å². The van der Waals surface area contributed by atoms with Crippen LogP contribution in [0.2, 0.25) is 5.02 Å². The van der Waals surface area contributed by atoms with Crippen LogP contribution < -0.4 is 5.32 Å². The highest BCUT2D eigenvalue weighted by molar-refractivity contribution is 9.10. The van der Waals surface area contributed by atoms with Gasteiger partial charge in [0, 0.05) is 30.1 Å². The third-order valence-corrected chi connectivity index (χ3v) is 3.11. The zero-order valence-electron chi connectivity index (χ0n) is 9.26. The summed E-state index contributed by atoms with van der Waals surface area (Å²) in [6.45, 7) is 0.937. The minimum atomic E-state index is 0.0538. The Kier molecular flexibility index (Phi) is 5.25. The van der Waals surface area contributed by atoms with E-state index in [0.717, 1.165) is 10.0 Å². The van der Waals surface area contributed by atoms with E-state index in [1.165, 1.54) is 0 Å². The van der Waals surface area contributed by atoms with Crippen LogP contribution in [0.1, 0.15) is 5.56 Å². The van der Waals surface area contributed by atoms with Gasteiger partial charge in [-0.1, -0.05) is 27.5 Å². The molecule has 0 saturated carbocycles. The van der Waals surface area contributed by atoms with Crippen molar-refractivity contribution in [3.8, 4) is 0 Å². The van der Waals surface area contributed by atoms with E-state index in [0.29, 0.717) is 18.1 Å². The fourth-order valence-corrected chi connectivity index (χ4v) is 1.72. The number of carbonyl (C=O) groups is 1. The average molecular weight is 306 g/mol. The van der Waals surface area contributed by atoms with E-state index >= 15 is 0 Å². The van der Waals surface area contributed by atoms with Gasteiger partial charge < -0.3 is 10.2 Å². The summed E-state index contributed by atoms with van der Waals surface area (Å²) >= 11 is 9.32. The van der Waals surface area contributed by atoms with Crippen LogP contribution in [-0.2, 0) is 11.3 Å². The summed E-state index contributed by atoms with van der Waals surface area (Å²) in [6, 6.07) is 5.59. The monoisotopic (exact) mass is 304 g/mol. The number of nitrogens with one attached hydrogen (secondary N) is 1. The summed E-state index contributed by atoms with van der Waals surface area (Å²) in [5.41, 5.74) is 1.04. The Morgan fingerprint density at radius 3 is 2.81 bits per heavy atom. The van der Waals surface area contributed by atoms with E-state index < -0.39 is 0 Å². The third kappa shape index (κ3) is 4.12. The molecule has 1 rings (SSSR count). The summed E-state index contributed by atoms with van der Waals surface area (Å²) in [4.78, 5) is 12.9. The second kappa shape index (κ2) is 6.23. The van der Waals surface area contributed by atoms with Crippen molar-refractivity contribution in [3.05, 3.63) is 33.3 Å². The molecule has 1 N–H and O–H groups in total. The highest BCUT2D eigenvalue weighted by atomic mass is 79.9. The highest BCUT2D eigenvalue weighted by Crippen LogP contribution is 2.20. The predicted octanol–water partition coefficient (Wildman–Crippen LogP) is 2.28. The molecule has 1 aromatic carbocycles. The fourth-order valence-electron chi connectivity index (χ4n) is 1.14. The quantitative estimate of drug-likeness (QED) is 0.925. The van der Waals surface area contributed by atoms with Gasteiger partial charge in [0.1, 0.15) is 0 Å². The number of hydrogen-bond donors (Lipinski definition) is 1. The summed E-state index contributed by atoms with van der Waals surface area (Å²) in [7, 11) is 3.47. The molecule has 0 aromatic heterocycles. The van der Waals surface area contributed by atoms with Gasteiger partial charge in [0.05, 0.1) is 6.54 Å². The minimum absolute atomic E-state index is 0.0538. The summed E-state index contributed by atoms with van der Waals surface area (Å²) in [6.07, 6.45) is 0. The molecule has 3 nitrogen and oxygen atoms in total. The first-order valence-electron chi connectivity index (χ1n) is 4.85. The molecule has 0 atom stereocenters. The smallest absolute Gasteiger partial charge is 0.236 e. The zero-order chi connectivity index (χ0) is 12.1. The van der Waals surface area contributed by atoms with Gasteiger partial charge in [0.25, 0.3) is 0 Å². The van der Waals surface area contributed by atoms with Crippen LogP contribution in [0.5, 0.6) is 0 Å². The molecule has 88 valence electrons. The van der Waals surface area contributed by atoms with Gasteiger partial charge in [-0.2, -0.15) is 0 Å². The standard InChI is InChI=1S/C11H14BrClN2O/c1-15(2)11(16)7-14-6-8-5-9(13)3-4-10(8)12/h3-5,14H,6-7H2,1-2H3. The number of benzene rings is 1. The van der Waals surface area contributed by atoms with Crippen molar-refractivity contribution in [2.45, 2.75) is 6.54 Å². The number of likely N-dealkylation sites (N-methyl/N-ethyl adjacent to an activating group) is 1. The van der Waals surface area contributed by atoms with Gasteiger partial charge in [-0.25, -0.2) is 0 Å². The number of nitrogens with zero attached hydrogens (tertiary/aromatic N) is 1. The van der Waals surface area contributed by atoms with E-state index in [1.807, 2.05) is 18.2 Å². The van der Waals surface area contributed by atoms with Crippen LogP contribution >= 0.6 is 27.5 Å². The molecule has 16 heavy (non-hydrogen) atoms. The molecule has 0 aliphatic carbocycles. The van der Waals surface area contributed by atoms with Crippen LogP contribution in [0.25, 0.3) is 0 Å². The Labute approximate surface area is 109 Å². The number of halogens is 2. The topological polar surface area (TPSA) is 32.3 Å². The summed E-state index contributed by atoms with van der Waals surface area (Å²) in [5, 5.41) is 3.76. The summed E-state index contributed by atoms with van der Waals surface area (Å²) in [5.74, 6) is 0.0538. The lowest BCUT2D eigenvalue weighted by atomic mass is 10.2. The molecule has 1 amide bonds. The van der Waals surface area contributed by atoms with Crippen molar-refractivity contribution in [2.24, 2.45) is 0 Å². The third-order valence-electron chi connectivity index (χ3n) is 2.10. The first kappa shape index (κ1) is 13.5. The van der Waals surface area contributed by atoms with Crippen molar-refractivity contribution >= 4 is 33.4 Å². The van der Waals surface area contributed by atoms with Crippen molar-refractivity contribution < 1.29 is 4.79 Å². The van der Waals surface area contributed by atoms with Gasteiger partial charge in [-0.15, -0.1) is 0 Å². The Morgan fingerprint density at radius 2 is 2.19 bits per heavy atom. The number of carbonyl (C=O) groups excluding carboxylic acids is 1. The van der Waals surface area contributed by atoms with Gasteiger partial charge in [0.15, 0.2) is 0 Å². The molecule has 5 heteroatoms. The highest BCUT2D eigenvalue weighted by Gasteiger charge is 2.04. The SMILES string of the molecule is CN(C)C(=O)CNCc1cc(Cl)ccc1Br. The second-order valence-electron chi connectivity index (χ2n) is 3.63. The molecule has 0 saturated heterocycles. The first-order valence-corrected chi connectivity index (χ1v) is 6.02. The molecule has 0 bridgehead atoms. The van der Waals surface area contributed by atoms with E-state index in [9.17, 15) is 4.79 Å². The maximum Gasteiger partial charge on any atom is 0.236 e. The van der Waals surface area contributed by atoms with Crippen LogP contribution in [0.3, 0.4) is 0 Å². The van der Waals surface area contributed by atoms with Crippen LogP contribution in [0, 0.1) is 0 Å². The minimum Gasteiger partial charge on any atom is -0.348 e. The molecule has 0 aliphatic heterocycles. The lowest BCUT2D eigenvalue weighted by molar-refractivity contribution is -0.127. The predicted molar refractivity (Wildman–Crippen MR) is 69.6 cm³/mol. The van der Waals surface area contributed by atoms with Crippen LogP contribution in [-0.4, -0.2) is 31.4 Å². The molecule has 0 aliphatic rings. The molecular weight excluding hydrogens is 291 g/mol.